The summed E-state index contributed by atoms with van der Waals surface area (Å²) in [6.07, 6.45) is 1.01. The Hall–Kier alpha value is -3.07. The van der Waals surface area contributed by atoms with Crippen LogP contribution in [0.4, 0.5) is 4.39 Å². The minimum absolute atomic E-state index is 0.323. The van der Waals surface area contributed by atoms with Crippen LogP contribution in [-0.2, 0) is 16.6 Å². The maximum absolute atomic E-state index is 13.9. The third-order valence-electron chi connectivity index (χ3n) is 5.53. The van der Waals surface area contributed by atoms with Crippen LogP contribution < -0.4 is 14.2 Å². The highest BCUT2D eigenvalue weighted by Gasteiger charge is 2.52. The Morgan fingerprint density at radius 1 is 1.18 bits per heavy atom. The topological polar surface area (TPSA) is 68.6 Å². The van der Waals surface area contributed by atoms with Crippen LogP contribution in [0.2, 0.25) is 0 Å². The molecule has 28 heavy (non-hydrogen) atoms. The first-order chi connectivity index (χ1) is 13.4. The van der Waals surface area contributed by atoms with Gasteiger partial charge in [0.05, 0.1) is 27.4 Å². The molecule has 2 atom stereocenters. The van der Waals surface area contributed by atoms with Gasteiger partial charge in [0.25, 0.3) is 0 Å². The Morgan fingerprint density at radius 3 is 2.43 bits per heavy atom. The molecular formula is C22H22FNO4. The van der Waals surface area contributed by atoms with Gasteiger partial charge in [-0.2, -0.15) is 5.26 Å². The highest BCUT2D eigenvalue weighted by atomic mass is 19.1. The molecule has 2 aromatic carbocycles. The van der Waals surface area contributed by atoms with Gasteiger partial charge in [-0.15, -0.1) is 0 Å². The van der Waals surface area contributed by atoms with Crippen LogP contribution in [0, 0.1) is 17.1 Å². The number of carbonyl (C=O) groups is 1. The monoisotopic (exact) mass is 383 g/mol. The second kappa shape index (κ2) is 7.51. The van der Waals surface area contributed by atoms with Crippen molar-refractivity contribution in [1.29, 1.82) is 5.26 Å². The minimum Gasteiger partial charge on any atom is -0.496 e. The number of fused-ring (bicyclic) bond motifs is 1. The van der Waals surface area contributed by atoms with Gasteiger partial charge in [0.15, 0.2) is 22.7 Å². The molecule has 0 N–H and O–H groups in total. The zero-order chi connectivity index (χ0) is 20.5. The van der Waals surface area contributed by atoms with E-state index >= 15 is 0 Å². The Balaban J connectivity index is 2.38. The van der Waals surface area contributed by atoms with E-state index in [1.165, 1.54) is 40.4 Å². The predicted octanol–water partition coefficient (Wildman–Crippen LogP) is 3.93. The van der Waals surface area contributed by atoms with Gasteiger partial charge in [-0.05, 0) is 37.5 Å². The van der Waals surface area contributed by atoms with Crippen LogP contribution in [0.1, 0.15) is 36.0 Å². The Kier molecular flexibility index (Phi) is 5.28. The number of ether oxygens (including phenoxy) is 3. The summed E-state index contributed by atoms with van der Waals surface area (Å²) >= 11 is 0. The molecular weight excluding hydrogens is 361 g/mol. The first kappa shape index (κ1) is 19.7. The van der Waals surface area contributed by atoms with Crippen LogP contribution >= 0.6 is 0 Å². The fourth-order valence-electron chi connectivity index (χ4n) is 4.33. The first-order valence-corrected chi connectivity index (χ1v) is 8.94. The quantitative estimate of drug-likeness (QED) is 0.782. The van der Waals surface area contributed by atoms with Crippen molar-refractivity contribution < 1.29 is 23.4 Å². The van der Waals surface area contributed by atoms with Gasteiger partial charge < -0.3 is 14.2 Å². The van der Waals surface area contributed by atoms with E-state index in [1.807, 2.05) is 0 Å². The summed E-state index contributed by atoms with van der Waals surface area (Å²) < 4.78 is 30.4. The summed E-state index contributed by atoms with van der Waals surface area (Å²) in [6, 6.07) is 9.96. The van der Waals surface area contributed by atoms with Gasteiger partial charge in [-0.1, -0.05) is 12.1 Å². The normalized spacial score (nSPS) is 20.6. The number of hydrogen-bond acceptors (Lipinski definition) is 5. The first-order valence-electron chi connectivity index (χ1n) is 8.94. The van der Waals surface area contributed by atoms with Crippen LogP contribution in [0.25, 0.3) is 0 Å². The van der Waals surface area contributed by atoms with Crippen molar-refractivity contribution in [3.05, 3.63) is 52.8 Å². The molecule has 0 saturated carbocycles. The molecule has 0 aliphatic heterocycles. The van der Waals surface area contributed by atoms with Crippen LogP contribution in [0.15, 0.2) is 30.3 Å². The average molecular weight is 383 g/mol. The van der Waals surface area contributed by atoms with Crippen LogP contribution in [0.5, 0.6) is 17.2 Å². The van der Waals surface area contributed by atoms with Gasteiger partial charge in [0.2, 0.25) is 0 Å². The lowest BCUT2D eigenvalue weighted by atomic mass is 9.59. The standard InChI is InChI=1S/C22H22FNO4/c1-13(25)22(12-24)17(14-6-5-7-15(23)10-14)9-8-16-20(22)18(26-2)11-19(27-3)21(16)28-4/h5-7,10-11,17H,8-9H2,1-4H3. The third kappa shape index (κ3) is 2.78. The highest BCUT2D eigenvalue weighted by molar-refractivity contribution is 5.95. The molecule has 6 heteroatoms. The largest absolute Gasteiger partial charge is 0.496 e. The van der Waals surface area contributed by atoms with E-state index in [-0.39, 0.29) is 5.78 Å². The maximum atomic E-state index is 13.9. The summed E-state index contributed by atoms with van der Waals surface area (Å²) in [5.41, 5.74) is 0.275. The number of hydrogen-bond donors (Lipinski definition) is 0. The summed E-state index contributed by atoms with van der Waals surface area (Å²) in [5.74, 6) is 0.0963. The summed E-state index contributed by atoms with van der Waals surface area (Å²) in [5, 5.41) is 10.3. The predicted molar refractivity (Wildman–Crippen MR) is 102 cm³/mol. The second-order valence-electron chi connectivity index (χ2n) is 6.79. The lowest BCUT2D eigenvalue weighted by molar-refractivity contribution is -0.121. The number of carbonyl (C=O) groups excluding carboxylic acids is 1. The molecule has 0 saturated heterocycles. The molecule has 0 amide bonds. The van der Waals surface area contributed by atoms with Crippen molar-refractivity contribution in [3.63, 3.8) is 0 Å². The fourth-order valence-corrected chi connectivity index (χ4v) is 4.33. The number of halogens is 1. The summed E-state index contributed by atoms with van der Waals surface area (Å²) in [6.45, 7) is 1.39. The molecule has 0 radical (unpaired) electrons. The minimum atomic E-state index is -1.52. The zero-order valence-electron chi connectivity index (χ0n) is 16.3. The molecule has 3 rings (SSSR count). The van der Waals surface area contributed by atoms with Gasteiger partial charge >= 0.3 is 0 Å². The highest BCUT2D eigenvalue weighted by Crippen LogP contribution is 2.55. The molecule has 0 bridgehead atoms. The van der Waals surface area contributed by atoms with Crippen LogP contribution in [0.3, 0.4) is 0 Å². The molecule has 1 aliphatic rings. The number of benzene rings is 2. The number of rotatable bonds is 5. The Labute approximate surface area is 163 Å². The van der Waals surface area contributed by atoms with E-state index in [1.54, 1.807) is 18.2 Å². The molecule has 0 spiro atoms. The number of ketones is 1. The molecule has 0 fully saturated rings. The molecule has 0 aromatic heterocycles. The molecule has 2 unspecified atom stereocenters. The van der Waals surface area contributed by atoms with Crippen molar-refractivity contribution in [3.8, 4) is 23.3 Å². The average Bonchev–Trinajstić information content (AvgIpc) is 2.71. The molecule has 0 heterocycles. The third-order valence-corrected chi connectivity index (χ3v) is 5.53. The second-order valence-corrected chi connectivity index (χ2v) is 6.79. The van der Waals surface area contributed by atoms with E-state index in [4.69, 9.17) is 14.2 Å². The van der Waals surface area contributed by atoms with Gasteiger partial charge in [-0.3, -0.25) is 4.79 Å². The fraction of sp³-hybridized carbons (Fsp3) is 0.364. The van der Waals surface area contributed by atoms with Crippen molar-refractivity contribution in [2.75, 3.05) is 21.3 Å². The summed E-state index contributed by atoms with van der Waals surface area (Å²) in [7, 11) is 4.52. The SMILES string of the molecule is COc1cc(OC)c2c(c1OC)CCC(c1cccc(F)c1)C2(C#N)C(C)=O. The summed E-state index contributed by atoms with van der Waals surface area (Å²) in [4.78, 5) is 13.0. The van der Waals surface area contributed by atoms with Crippen molar-refractivity contribution in [1.82, 2.24) is 0 Å². The zero-order valence-corrected chi connectivity index (χ0v) is 16.3. The van der Waals surface area contributed by atoms with E-state index in [0.717, 1.165) is 0 Å². The van der Waals surface area contributed by atoms with Crippen molar-refractivity contribution in [2.45, 2.75) is 31.1 Å². The maximum Gasteiger partial charge on any atom is 0.164 e. The van der Waals surface area contributed by atoms with Gasteiger partial charge in [0.1, 0.15) is 11.6 Å². The molecule has 1 aliphatic carbocycles. The number of Topliss-reactive ketones (excluding diaryl/α,β-unsaturated/α-hetero) is 1. The van der Waals surface area contributed by atoms with E-state index in [2.05, 4.69) is 6.07 Å². The number of nitrogens with zero attached hydrogens (tertiary/aromatic N) is 1. The van der Waals surface area contributed by atoms with E-state index in [9.17, 15) is 14.4 Å². The number of methoxy groups -OCH3 is 3. The van der Waals surface area contributed by atoms with E-state index < -0.39 is 17.2 Å². The Morgan fingerprint density at radius 2 is 1.89 bits per heavy atom. The van der Waals surface area contributed by atoms with Crippen LogP contribution in [-0.4, -0.2) is 27.1 Å². The lowest BCUT2D eigenvalue weighted by Gasteiger charge is -2.40. The number of nitriles is 1. The molecule has 146 valence electrons. The molecule has 2 aromatic rings. The van der Waals surface area contributed by atoms with E-state index in [0.29, 0.717) is 46.8 Å². The smallest absolute Gasteiger partial charge is 0.164 e. The van der Waals surface area contributed by atoms with Crippen molar-refractivity contribution in [2.24, 2.45) is 0 Å². The van der Waals surface area contributed by atoms with Gasteiger partial charge in [-0.25, -0.2) is 4.39 Å². The molecule has 5 nitrogen and oxygen atoms in total. The lowest BCUT2D eigenvalue weighted by Crippen LogP contribution is -2.43. The van der Waals surface area contributed by atoms with Gasteiger partial charge in [0, 0.05) is 23.1 Å². The van der Waals surface area contributed by atoms with Crippen molar-refractivity contribution >= 4 is 5.78 Å². The Bertz CT molecular complexity index is 966.